The quantitative estimate of drug-likeness (QED) is 0.730. The molecular formula is C21H25N5O. The largest absolute Gasteiger partial charge is 0.378 e. The number of nitrogens with zero attached hydrogens (tertiary/aromatic N) is 4. The molecule has 1 fully saturated rings. The molecule has 2 heterocycles. The zero-order valence-electron chi connectivity index (χ0n) is 15.6. The Bertz CT molecular complexity index is 824. The summed E-state index contributed by atoms with van der Waals surface area (Å²) < 4.78 is 7.18. The van der Waals surface area contributed by atoms with Crippen LogP contribution in [0.3, 0.4) is 0 Å². The van der Waals surface area contributed by atoms with Crippen molar-refractivity contribution in [1.82, 2.24) is 20.1 Å². The van der Waals surface area contributed by atoms with E-state index in [0.29, 0.717) is 0 Å². The number of hydrogen-bond acceptors (Lipinski definition) is 5. The number of benzene rings is 2. The predicted molar refractivity (Wildman–Crippen MR) is 106 cm³/mol. The highest BCUT2D eigenvalue weighted by Gasteiger charge is 2.11. The lowest BCUT2D eigenvalue weighted by molar-refractivity contribution is 0.122. The van der Waals surface area contributed by atoms with Crippen molar-refractivity contribution in [3.05, 3.63) is 72.3 Å². The van der Waals surface area contributed by atoms with Crippen LogP contribution in [0.25, 0.3) is 5.69 Å². The van der Waals surface area contributed by atoms with Gasteiger partial charge in [-0.2, -0.15) is 5.10 Å². The first-order chi connectivity index (χ1) is 13.3. The molecular weight excluding hydrogens is 338 g/mol. The fourth-order valence-corrected chi connectivity index (χ4v) is 3.29. The highest BCUT2D eigenvalue weighted by atomic mass is 16.5. The van der Waals surface area contributed by atoms with Crippen LogP contribution in [0.1, 0.15) is 24.1 Å². The first-order valence-electron chi connectivity index (χ1n) is 9.39. The predicted octanol–water partition coefficient (Wildman–Crippen LogP) is 2.95. The number of anilines is 1. The molecule has 3 aromatic rings. The van der Waals surface area contributed by atoms with E-state index in [4.69, 9.17) is 4.74 Å². The van der Waals surface area contributed by atoms with E-state index in [2.05, 4.69) is 75.8 Å². The minimum absolute atomic E-state index is 0.272. The van der Waals surface area contributed by atoms with Gasteiger partial charge in [0.15, 0.2) is 0 Å². The average molecular weight is 363 g/mol. The molecule has 4 rings (SSSR count). The van der Waals surface area contributed by atoms with E-state index in [1.807, 2.05) is 0 Å². The summed E-state index contributed by atoms with van der Waals surface area (Å²) in [6, 6.07) is 17.5. The zero-order valence-corrected chi connectivity index (χ0v) is 15.6. The highest BCUT2D eigenvalue weighted by molar-refractivity contribution is 5.48. The van der Waals surface area contributed by atoms with Crippen LogP contribution in [0.5, 0.6) is 0 Å². The Kier molecular flexibility index (Phi) is 5.46. The minimum Gasteiger partial charge on any atom is -0.378 e. The smallest absolute Gasteiger partial charge is 0.138 e. The second kappa shape index (κ2) is 8.33. The molecule has 0 spiro atoms. The summed E-state index contributed by atoms with van der Waals surface area (Å²) in [4.78, 5) is 6.36. The van der Waals surface area contributed by atoms with E-state index >= 15 is 0 Å². The third-order valence-corrected chi connectivity index (χ3v) is 5.00. The van der Waals surface area contributed by atoms with Gasteiger partial charge < -0.3 is 15.0 Å². The van der Waals surface area contributed by atoms with E-state index in [0.717, 1.165) is 38.5 Å². The van der Waals surface area contributed by atoms with E-state index < -0.39 is 0 Å². The lowest BCUT2D eigenvalue weighted by atomic mass is 10.1. The van der Waals surface area contributed by atoms with Gasteiger partial charge in [0.2, 0.25) is 0 Å². The van der Waals surface area contributed by atoms with Crippen LogP contribution < -0.4 is 10.2 Å². The topological polar surface area (TPSA) is 55.2 Å². The minimum atomic E-state index is 0.272. The van der Waals surface area contributed by atoms with Crippen LogP contribution in [-0.4, -0.2) is 41.1 Å². The van der Waals surface area contributed by atoms with Crippen molar-refractivity contribution in [1.29, 1.82) is 0 Å². The molecule has 6 heteroatoms. The van der Waals surface area contributed by atoms with Crippen LogP contribution in [0, 0.1) is 0 Å². The van der Waals surface area contributed by atoms with E-state index in [9.17, 15) is 0 Å². The maximum Gasteiger partial charge on any atom is 0.138 e. The van der Waals surface area contributed by atoms with Crippen LogP contribution in [0.15, 0.2) is 61.2 Å². The SMILES string of the molecule is CC(NCc1ccc(N2CCOCC2)cc1)c1ccc(-n2cncn2)cc1. The van der Waals surface area contributed by atoms with Crippen molar-refractivity contribution in [2.75, 3.05) is 31.2 Å². The lowest BCUT2D eigenvalue weighted by Gasteiger charge is -2.29. The van der Waals surface area contributed by atoms with Gasteiger partial charge in [0.05, 0.1) is 18.9 Å². The Morgan fingerprint density at radius 1 is 1.00 bits per heavy atom. The van der Waals surface area contributed by atoms with Gasteiger partial charge in [-0.15, -0.1) is 0 Å². The molecule has 1 N–H and O–H groups in total. The molecule has 1 aliphatic heterocycles. The standard InChI is InChI=1S/C21H25N5O/c1-17(19-4-8-21(9-5-19)26-16-22-15-24-26)23-14-18-2-6-20(7-3-18)25-10-12-27-13-11-25/h2-9,15-17,23H,10-14H2,1H3. The van der Waals surface area contributed by atoms with E-state index in [1.54, 1.807) is 17.3 Å². The van der Waals surface area contributed by atoms with Gasteiger partial charge in [0.1, 0.15) is 12.7 Å². The molecule has 6 nitrogen and oxygen atoms in total. The number of hydrogen-bond donors (Lipinski definition) is 1. The van der Waals surface area contributed by atoms with Crippen molar-refractivity contribution in [2.24, 2.45) is 0 Å². The maximum atomic E-state index is 5.42. The van der Waals surface area contributed by atoms with Gasteiger partial charge in [0.25, 0.3) is 0 Å². The third kappa shape index (κ3) is 4.35. The molecule has 0 bridgehead atoms. The van der Waals surface area contributed by atoms with Gasteiger partial charge in [-0.25, -0.2) is 9.67 Å². The Labute approximate surface area is 159 Å². The molecule has 2 aromatic carbocycles. The number of morpholine rings is 1. The summed E-state index contributed by atoms with van der Waals surface area (Å²) in [7, 11) is 0. The summed E-state index contributed by atoms with van der Waals surface area (Å²) in [6.07, 6.45) is 3.25. The van der Waals surface area contributed by atoms with Crippen molar-refractivity contribution >= 4 is 5.69 Å². The molecule has 27 heavy (non-hydrogen) atoms. The number of aromatic nitrogens is 3. The lowest BCUT2D eigenvalue weighted by Crippen LogP contribution is -2.36. The summed E-state index contributed by atoms with van der Waals surface area (Å²) in [5, 5.41) is 7.76. The van der Waals surface area contributed by atoms with Gasteiger partial charge in [0, 0.05) is 31.4 Å². The summed E-state index contributed by atoms with van der Waals surface area (Å²) in [5.41, 5.74) is 4.84. The van der Waals surface area contributed by atoms with Crippen molar-refractivity contribution in [3.63, 3.8) is 0 Å². The number of ether oxygens (including phenoxy) is 1. The fourth-order valence-electron chi connectivity index (χ4n) is 3.29. The van der Waals surface area contributed by atoms with Crippen LogP contribution >= 0.6 is 0 Å². The first-order valence-corrected chi connectivity index (χ1v) is 9.39. The monoisotopic (exact) mass is 363 g/mol. The summed E-state index contributed by atoms with van der Waals surface area (Å²) >= 11 is 0. The van der Waals surface area contributed by atoms with E-state index in [-0.39, 0.29) is 6.04 Å². The highest BCUT2D eigenvalue weighted by Crippen LogP contribution is 2.18. The van der Waals surface area contributed by atoms with Crippen molar-refractivity contribution < 1.29 is 4.74 Å². The zero-order chi connectivity index (χ0) is 18.5. The van der Waals surface area contributed by atoms with Gasteiger partial charge in [-0.1, -0.05) is 24.3 Å². The molecule has 1 atom stereocenters. The van der Waals surface area contributed by atoms with Gasteiger partial charge >= 0.3 is 0 Å². The molecule has 0 aliphatic carbocycles. The molecule has 0 saturated carbocycles. The van der Waals surface area contributed by atoms with Crippen LogP contribution in [0.4, 0.5) is 5.69 Å². The third-order valence-electron chi connectivity index (χ3n) is 5.00. The van der Waals surface area contributed by atoms with Crippen LogP contribution in [-0.2, 0) is 11.3 Å². The second-order valence-electron chi connectivity index (χ2n) is 6.80. The Morgan fingerprint density at radius 3 is 2.37 bits per heavy atom. The van der Waals surface area contributed by atoms with E-state index in [1.165, 1.54) is 16.8 Å². The molecule has 140 valence electrons. The average Bonchev–Trinajstić information content (AvgIpc) is 3.28. The summed E-state index contributed by atoms with van der Waals surface area (Å²) in [5.74, 6) is 0. The maximum absolute atomic E-state index is 5.42. The van der Waals surface area contributed by atoms with Crippen molar-refractivity contribution in [3.8, 4) is 5.69 Å². The van der Waals surface area contributed by atoms with Crippen molar-refractivity contribution in [2.45, 2.75) is 19.5 Å². The molecule has 1 aliphatic rings. The second-order valence-corrected chi connectivity index (χ2v) is 6.80. The Morgan fingerprint density at radius 2 is 1.70 bits per heavy atom. The Balaban J connectivity index is 1.32. The summed E-state index contributed by atoms with van der Waals surface area (Å²) in [6.45, 7) is 6.60. The number of nitrogens with one attached hydrogen (secondary N) is 1. The van der Waals surface area contributed by atoms with Gasteiger partial charge in [-0.3, -0.25) is 0 Å². The van der Waals surface area contributed by atoms with Gasteiger partial charge in [-0.05, 0) is 42.3 Å². The fraction of sp³-hybridized carbons (Fsp3) is 0.333. The molecule has 1 saturated heterocycles. The van der Waals surface area contributed by atoms with Crippen LogP contribution in [0.2, 0.25) is 0 Å². The molecule has 0 radical (unpaired) electrons. The molecule has 1 unspecified atom stereocenters. The Hall–Kier alpha value is -2.70. The molecule has 1 aromatic heterocycles. The number of rotatable bonds is 6. The normalized spacial score (nSPS) is 15.7. The molecule has 0 amide bonds. The first kappa shape index (κ1) is 17.7.